The van der Waals surface area contributed by atoms with Crippen LogP contribution in [0, 0.1) is 0 Å². The Morgan fingerprint density at radius 3 is 2.00 bits per heavy atom. The van der Waals surface area contributed by atoms with Gasteiger partial charge in [-0.1, -0.05) is 57.6 Å². The van der Waals surface area contributed by atoms with Crippen molar-refractivity contribution in [1.82, 2.24) is 0 Å². The van der Waals surface area contributed by atoms with Crippen molar-refractivity contribution in [2.75, 3.05) is 0 Å². The lowest BCUT2D eigenvalue weighted by Crippen LogP contribution is -1.98. The highest BCUT2D eigenvalue weighted by molar-refractivity contribution is 5.78. The van der Waals surface area contributed by atoms with Crippen molar-refractivity contribution in [2.24, 2.45) is 0 Å². The van der Waals surface area contributed by atoms with Crippen molar-refractivity contribution in [2.45, 2.75) is 84.0 Å². The average Bonchev–Trinajstić information content (AvgIpc) is 2.52. The lowest BCUT2D eigenvalue weighted by molar-refractivity contribution is -0.119. The number of phenols is 1. The first kappa shape index (κ1) is 18.7. The predicted molar refractivity (Wildman–Crippen MR) is 93.3 cm³/mol. The van der Waals surface area contributed by atoms with Gasteiger partial charge < -0.3 is 5.11 Å². The molecule has 0 aliphatic carbocycles. The molecule has 0 amide bonds. The molecule has 124 valence electrons. The van der Waals surface area contributed by atoms with Crippen LogP contribution in [0.4, 0.5) is 0 Å². The van der Waals surface area contributed by atoms with E-state index in [9.17, 15) is 9.90 Å². The van der Waals surface area contributed by atoms with Gasteiger partial charge in [0.25, 0.3) is 0 Å². The van der Waals surface area contributed by atoms with E-state index in [2.05, 4.69) is 6.92 Å². The summed E-state index contributed by atoms with van der Waals surface area (Å²) in [6.45, 7) is 2.24. The highest BCUT2D eigenvalue weighted by atomic mass is 16.3. The highest BCUT2D eigenvalue weighted by Gasteiger charge is 2.02. The minimum atomic E-state index is 0.314. The molecule has 0 aliphatic heterocycles. The van der Waals surface area contributed by atoms with E-state index in [-0.39, 0.29) is 0 Å². The number of unbranched alkanes of at least 4 members (excludes halogenated alkanes) is 7. The van der Waals surface area contributed by atoms with Crippen LogP contribution in [0.2, 0.25) is 0 Å². The van der Waals surface area contributed by atoms with Gasteiger partial charge >= 0.3 is 0 Å². The van der Waals surface area contributed by atoms with Crippen molar-refractivity contribution in [1.29, 1.82) is 0 Å². The molecule has 22 heavy (non-hydrogen) atoms. The van der Waals surface area contributed by atoms with Crippen LogP contribution in [0.1, 0.15) is 83.1 Å². The maximum Gasteiger partial charge on any atom is 0.132 e. The fourth-order valence-corrected chi connectivity index (χ4v) is 2.72. The highest BCUT2D eigenvalue weighted by Crippen LogP contribution is 2.13. The molecule has 0 saturated carbocycles. The van der Waals surface area contributed by atoms with Crippen molar-refractivity contribution < 1.29 is 9.90 Å². The van der Waals surface area contributed by atoms with E-state index in [0.29, 0.717) is 11.5 Å². The molecule has 0 aliphatic rings. The number of carbonyl (C=O) groups is 1. The second kappa shape index (κ2) is 12.3. The largest absolute Gasteiger partial charge is 0.508 e. The van der Waals surface area contributed by atoms with Crippen LogP contribution in [-0.2, 0) is 11.2 Å². The number of benzene rings is 1. The fourth-order valence-electron chi connectivity index (χ4n) is 2.72. The minimum Gasteiger partial charge on any atom is -0.508 e. The van der Waals surface area contributed by atoms with Crippen LogP contribution in [0.3, 0.4) is 0 Å². The topological polar surface area (TPSA) is 37.3 Å². The molecule has 0 spiro atoms. The van der Waals surface area contributed by atoms with Crippen LogP contribution in [0.5, 0.6) is 5.75 Å². The summed E-state index contributed by atoms with van der Waals surface area (Å²) in [6, 6.07) is 7.35. The molecule has 0 saturated heterocycles. The van der Waals surface area contributed by atoms with Crippen LogP contribution in [0.25, 0.3) is 0 Å². The minimum absolute atomic E-state index is 0.314. The number of hydrogen-bond acceptors (Lipinski definition) is 2. The van der Waals surface area contributed by atoms with Gasteiger partial charge in [0.1, 0.15) is 11.5 Å². The van der Waals surface area contributed by atoms with Crippen LogP contribution in [0.15, 0.2) is 24.3 Å². The van der Waals surface area contributed by atoms with Crippen LogP contribution in [-0.4, -0.2) is 10.9 Å². The number of rotatable bonds is 13. The van der Waals surface area contributed by atoms with Gasteiger partial charge in [-0.2, -0.15) is 0 Å². The Hall–Kier alpha value is -1.31. The first-order chi connectivity index (χ1) is 10.7. The Labute approximate surface area is 135 Å². The summed E-state index contributed by atoms with van der Waals surface area (Å²) in [4.78, 5) is 11.8. The monoisotopic (exact) mass is 304 g/mol. The Bertz CT molecular complexity index is 395. The molecule has 0 heterocycles. The third kappa shape index (κ3) is 9.59. The number of aryl methyl sites for hydroxylation is 1. The van der Waals surface area contributed by atoms with E-state index in [1.807, 2.05) is 12.1 Å². The SMILES string of the molecule is CCCCCCCCCC(=O)CCCCc1ccc(O)cc1. The molecule has 0 bridgehead atoms. The van der Waals surface area contributed by atoms with Crippen molar-refractivity contribution in [3.8, 4) is 5.75 Å². The van der Waals surface area contributed by atoms with Gasteiger partial charge in [0.2, 0.25) is 0 Å². The fraction of sp³-hybridized carbons (Fsp3) is 0.650. The molecule has 1 rings (SSSR count). The molecule has 0 atom stereocenters. The molecule has 1 aromatic rings. The molecule has 1 aromatic carbocycles. The number of hydrogen-bond donors (Lipinski definition) is 1. The Morgan fingerprint density at radius 1 is 0.818 bits per heavy atom. The maximum atomic E-state index is 11.8. The number of phenolic OH excluding ortho intramolecular Hbond substituents is 1. The molecule has 1 N–H and O–H groups in total. The average molecular weight is 304 g/mol. The summed E-state index contributed by atoms with van der Waals surface area (Å²) in [5.74, 6) is 0.743. The summed E-state index contributed by atoms with van der Waals surface area (Å²) in [5, 5.41) is 9.22. The molecule has 0 radical (unpaired) electrons. The molecule has 2 nitrogen and oxygen atoms in total. The number of carbonyl (C=O) groups excluding carboxylic acids is 1. The quantitative estimate of drug-likeness (QED) is 0.466. The van der Waals surface area contributed by atoms with Gasteiger partial charge in [-0.15, -0.1) is 0 Å². The lowest BCUT2D eigenvalue weighted by Gasteiger charge is -2.03. The van der Waals surface area contributed by atoms with E-state index in [0.717, 1.165) is 38.5 Å². The maximum absolute atomic E-state index is 11.8. The molecule has 0 unspecified atom stereocenters. The molecule has 2 heteroatoms. The normalized spacial score (nSPS) is 10.8. The van der Waals surface area contributed by atoms with Crippen molar-refractivity contribution in [3.63, 3.8) is 0 Å². The van der Waals surface area contributed by atoms with Gasteiger partial charge in [0, 0.05) is 12.8 Å². The summed E-state index contributed by atoms with van der Waals surface area (Å²) < 4.78 is 0. The Kier molecular flexibility index (Phi) is 10.4. The second-order valence-corrected chi connectivity index (χ2v) is 6.28. The Balaban J connectivity index is 1.94. The molecule has 0 fully saturated rings. The van der Waals surface area contributed by atoms with Crippen LogP contribution >= 0.6 is 0 Å². The zero-order valence-electron chi connectivity index (χ0n) is 14.2. The number of Topliss-reactive ketones (excluding diaryl/α,β-unsaturated/α-hetero) is 1. The third-order valence-electron chi connectivity index (χ3n) is 4.17. The first-order valence-corrected chi connectivity index (χ1v) is 9.02. The smallest absolute Gasteiger partial charge is 0.132 e. The second-order valence-electron chi connectivity index (χ2n) is 6.28. The summed E-state index contributed by atoms with van der Waals surface area (Å²) in [5.41, 5.74) is 1.23. The standard InChI is InChI=1S/C20H32O2/c1-2-3-4-5-6-7-8-12-19(21)13-10-9-11-18-14-16-20(22)17-15-18/h14-17,22H,2-13H2,1H3. The van der Waals surface area contributed by atoms with Crippen molar-refractivity contribution in [3.05, 3.63) is 29.8 Å². The van der Waals surface area contributed by atoms with Gasteiger partial charge in [0.05, 0.1) is 0 Å². The molecular formula is C20H32O2. The number of ketones is 1. The van der Waals surface area contributed by atoms with Gasteiger partial charge in [-0.25, -0.2) is 0 Å². The summed E-state index contributed by atoms with van der Waals surface area (Å²) in [7, 11) is 0. The molecular weight excluding hydrogens is 272 g/mol. The lowest BCUT2D eigenvalue weighted by atomic mass is 10.0. The van der Waals surface area contributed by atoms with E-state index in [4.69, 9.17) is 0 Å². The zero-order valence-corrected chi connectivity index (χ0v) is 14.2. The van der Waals surface area contributed by atoms with E-state index in [1.165, 1.54) is 44.1 Å². The predicted octanol–water partition coefficient (Wildman–Crippen LogP) is 5.81. The third-order valence-corrected chi connectivity index (χ3v) is 4.17. The van der Waals surface area contributed by atoms with Crippen molar-refractivity contribution >= 4 is 5.78 Å². The van der Waals surface area contributed by atoms with E-state index in [1.54, 1.807) is 12.1 Å². The summed E-state index contributed by atoms with van der Waals surface area (Å²) >= 11 is 0. The van der Waals surface area contributed by atoms with Crippen LogP contribution < -0.4 is 0 Å². The zero-order chi connectivity index (χ0) is 16.0. The van der Waals surface area contributed by atoms with Gasteiger partial charge in [0.15, 0.2) is 0 Å². The number of aromatic hydroxyl groups is 1. The van der Waals surface area contributed by atoms with E-state index < -0.39 is 0 Å². The molecule has 0 aromatic heterocycles. The van der Waals surface area contributed by atoms with Gasteiger partial charge in [-0.3, -0.25) is 4.79 Å². The van der Waals surface area contributed by atoms with Gasteiger partial charge in [-0.05, 0) is 43.4 Å². The Morgan fingerprint density at radius 2 is 1.36 bits per heavy atom. The first-order valence-electron chi connectivity index (χ1n) is 9.02. The summed E-state index contributed by atoms with van der Waals surface area (Å²) in [6.07, 6.45) is 13.4. The van der Waals surface area contributed by atoms with E-state index >= 15 is 0 Å².